The smallest absolute Gasteiger partial charge is 0.230 e. The number of hydrogen-bond acceptors (Lipinski definition) is 3. The molecule has 2 heterocycles. The number of nitrogens with zero attached hydrogens (tertiary/aromatic N) is 2. The molecule has 1 aromatic rings. The van der Waals surface area contributed by atoms with Gasteiger partial charge in [-0.25, -0.2) is 0 Å². The summed E-state index contributed by atoms with van der Waals surface area (Å²) in [6, 6.07) is 0. The molecule has 0 aliphatic carbocycles. The summed E-state index contributed by atoms with van der Waals surface area (Å²) in [6.45, 7) is 0.612. The lowest BCUT2D eigenvalue weighted by Gasteiger charge is -1.98. The second-order valence-electron chi connectivity index (χ2n) is 2.94. The monoisotopic (exact) mass is 178 g/mol. The van der Waals surface area contributed by atoms with Gasteiger partial charge < -0.3 is 4.74 Å². The van der Waals surface area contributed by atoms with Crippen molar-refractivity contribution in [2.75, 3.05) is 6.61 Å². The first-order valence-electron chi connectivity index (χ1n) is 4.13. The van der Waals surface area contributed by atoms with Crippen molar-refractivity contribution in [1.82, 2.24) is 9.78 Å². The molecule has 0 fully saturated rings. The molecule has 4 heteroatoms. The number of ether oxygens (including phenoxy) is 1. The Labute approximate surface area is 75.8 Å². The average molecular weight is 178 g/mol. The summed E-state index contributed by atoms with van der Waals surface area (Å²) in [5, 5.41) is 3.92. The Morgan fingerprint density at radius 2 is 2.54 bits per heavy atom. The zero-order valence-electron chi connectivity index (χ0n) is 7.36. The van der Waals surface area contributed by atoms with Crippen molar-refractivity contribution < 1.29 is 9.53 Å². The largest absolute Gasteiger partial charge is 0.489 e. The number of aryl methyl sites for hydroxylation is 1. The minimum Gasteiger partial charge on any atom is -0.489 e. The molecule has 0 amide bonds. The van der Waals surface area contributed by atoms with Gasteiger partial charge in [-0.2, -0.15) is 5.10 Å². The molecule has 0 saturated heterocycles. The van der Waals surface area contributed by atoms with Gasteiger partial charge in [-0.05, 0) is 6.08 Å². The van der Waals surface area contributed by atoms with Gasteiger partial charge in [0, 0.05) is 19.7 Å². The standard InChI is InChI=1S/C9H10N2O2/c1-11-6-7(5-10-11)9(12)8-3-2-4-13-8/h3,5-6H,2,4H2,1H3. The van der Waals surface area contributed by atoms with Crippen LogP contribution in [0.3, 0.4) is 0 Å². The molecule has 4 nitrogen and oxygen atoms in total. The molecule has 0 bridgehead atoms. The molecule has 0 N–H and O–H groups in total. The summed E-state index contributed by atoms with van der Waals surface area (Å²) in [6.07, 6.45) is 5.87. The topological polar surface area (TPSA) is 44.1 Å². The highest BCUT2D eigenvalue weighted by Gasteiger charge is 2.17. The third-order valence-electron chi connectivity index (χ3n) is 1.90. The number of ketones is 1. The molecule has 0 atom stereocenters. The fourth-order valence-electron chi connectivity index (χ4n) is 1.26. The first kappa shape index (κ1) is 8.04. The molecular formula is C9H10N2O2. The van der Waals surface area contributed by atoms with E-state index in [-0.39, 0.29) is 5.78 Å². The maximum Gasteiger partial charge on any atom is 0.230 e. The fraction of sp³-hybridized carbons (Fsp3) is 0.333. The van der Waals surface area contributed by atoms with Crippen LogP contribution < -0.4 is 0 Å². The second kappa shape index (κ2) is 3.05. The number of carbonyl (C=O) groups excluding carboxylic acids is 1. The minimum atomic E-state index is -0.0781. The van der Waals surface area contributed by atoms with E-state index in [1.54, 1.807) is 24.1 Å². The Kier molecular flexibility index (Phi) is 1.88. The summed E-state index contributed by atoms with van der Waals surface area (Å²) in [7, 11) is 1.78. The number of hydrogen-bond donors (Lipinski definition) is 0. The lowest BCUT2D eigenvalue weighted by molar-refractivity contribution is 0.0942. The highest BCUT2D eigenvalue weighted by Crippen LogP contribution is 2.14. The second-order valence-corrected chi connectivity index (χ2v) is 2.94. The van der Waals surface area contributed by atoms with Crippen LogP contribution in [-0.4, -0.2) is 22.2 Å². The summed E-state index contributed by atoms with van der Waals surface area (Å²) in [5.74, 6) is 0.374. The van der Waals surface area contributed by atoms with Crippen molar-refractivity contribution in [2.24, 2.45) is 7.05 Å². The maximum absolute atomic E-state index is 11.6. The van der Waals surface area contributed by atoms with Crippen LogP contribution in [0.2, 0.25) is 0 Å². The molecule has 1 aliphatic rings. The van der Waals surface area contributed by atoms with Gasteiger partial charge in [0.1, 0.15) is 0 Å². The number of carbonyl (C=O) groups is 1. The highest BCUT2D eigenvalue weighted by atomic mass is 16.5. The van der Waals surface area contributed by atoms with Crippen LogP contribution in [0.4, 0.5) is 0 Å². The number of allylic oxidation sites excluding steroid dienone is 1. The molecule has 0 saturated carbocycles. The highest BCUT2D eigenvalue weighted by molar-refractivity contribution is 6.07. The van der Waals surface area contributed by atoms with Crippen molar-refractivity contribution in [1.29, 1.82) is 0 Å². The van der Waals surface area contributed by atoms with Gasteiger partial charge in [0.25, 0.3) is 0 Å². The van der Waals surface area contributed by atoms with Crippen LogP contribution in [0.25, 0.3) is 0 Å². The first-order chi connectivity index (χ1) is 6.27. The molecular weight excluding hydrogens is 168 g/mol. The van der Waals surface area contributed by atoms with E-state index >= 15 is 0 Å². The summed E-state index contributed by atoms with van der Waals surface area (Å²) in [5.41, 5.74) is 0.579. The Balaban J connectivity index is 2.22. The van der Waals surface area contributed by atoms with Crippen LogP contribution in [-0.2, 0) is 11.8 Å². The average Bonchev–Trinajstić information content (AvgIpc) is 2.72. The fourth-order valence-corrected chi connectivity index (χ4v) is 1.26. The predicted octanol–water partition coefficient (Wildman–Crippen LogP) is 0.907. The van der Waals surface area contributed by atoms with Gasteiger partial charge in [0.2, 0.25) is 5.78 Å². The van der Waals surface area contributed by atoms with E-state index < -0.39 is 0 Å². The molecule has 0 spiro atoms. The van der Waals surface area contributed by atoms with E-state index in [9.17, 15) is 4.79 Å². The normalized spacial score (nSPS) is 15.3. The molecule has 1 aromatic heterocycles. The predicted molar refractivity (Wildman–Crippen MR) is 46.2 cm³/mol. The van der Waals surface area contributed by atoms with Gasteiger partial charge in [-0.1, -0.05) is 0 Å². The molecule has 0 radical (unpaired) electrons. The molecule has 13 heavy (non-hydrogen) atoms. The van der Waals surface area contributed by atoms with E-state index in [2.05, 4.69) is 5.10 Å². The molecule has 0 aromatic carbocycles. The lowest BCUT2D eigenvalue weighted by Crippen LogP contribution is -2.02. The molecule has 68 valence electrons. The van der Waals surface area contributed by atoms with Crippen LogP contribution in [0.15, 0.2) is 24.2 Å². The van der Waals surface area contributed by atoms with E-state index in [0.29, 0.717) is 17.9 Å². The first-order valence-corrected chi connectivity index (χ1v) is 4.13. The Bertz CT molecular complexity index is 365. The van der Waals surface area contributed by atoms with Crippen molar-refractivity contribution >= 4 is 5.78 Å². The van der Waals surface area contributed by atoms with E-state index in [0.717, 1.165) is 6.42 Å². The van der Waals surface area contributed by atoms with Crippen molar-refractivity contribution in [3.63, 3.8) is 0 Å². The summed E-state index contributed by atoms with van der Waals surface area (Å²) < 4.78 is 6.75. The van der Waals surface area contributed by atoms with Crippen molar-refractivity contribution in [3.8, 4) is 0 Å². The van der Waals surface area contributed by atoms with Crippen LogP contribution >= 0.6 is 0 Å². The number of Topliss-reactive ketones (excluding diaryl/α,β-unsaturated/α-hetero) is 1. The van der Waals surface area contributed by atoms with Crippen LogP contribution in [0.1, 0.15) is 16.8 Å². The Hall–Kier alpha value is -1.58. The van der Waals surface area contributed by atoms with Crippen LogP contribution in [0.5, 0.6) is 0 Å². The number of rotatable bonds is 2. The van der Waals surface area contributed by atoms with Crippen LogP contribution in [0, 0.1) is 0 Å². The van der Waals surface area contributed by atoms with E-state index in [1.807, 2.05) is 6.08 Å². The molecule has 2 rings (SSSR count). The lowest BCUT2D eigenvalue weighted by atomic mass is 10.2. The molecule has 0 unspecified atom stereocenters. The zero-order chi connectivity index (χ0) is 9.26. The quantitative estimate of drug-likeness (QED) is 0.632. The minimum absolute atomic E-state index is 0.0781. The summed E-state index contributed by atoms with van der Waals surface area (Å²) >= 11 is 0. The number of aromatic nitrogens is 2. The Morgan fingerprint density at radius 1 is 1.69 bits per heavy atom. The van der Waals surface area contributed by atoms with Gasteiger partial charge >= 0.3 is 0 Å². The molecule has 1 aliphatic heterocycles. The zero-order valence-corrected chi connectivity index (χ0v) is 7.36. The van der Waals surface area contributed by atoms with Gasteiger partial charge in [0.05, 0.1) is 18.4 Å². The maximum atomic E-state index is 11.6. The van der Waals surface area contributed by atoms with Gasteiger partial charge in [0.15, 0.2) is 5.76 Å². The van der Waals surface area contributed by atoms with Gasteiger partial charge in [-0.3, -0.25) is 9.48 Å². The van der Waals surface area contributed by atoms with Crippen molar-refractivity contribution in [3.05, 3.63) is 29.8 Å². The van der Waals surface area contributed by atoms with E-state index in [4.69, 9.17) is 4.74 Å². The van der Waals surface area contributed by atoms with E-state index in [1.165, 1.54) is 0 Å². The Morgan fingerprint density at radius 3 is 3.08 bits per heavy atom. The third kappa shape index (κ3) is 1.47. The third-order valence-corrected chi connectivity index (χ3v) is 1.90. The van der Waals surface area contributed by atoms with Gasteiger partial charge in [-0.15, -0.1) is 0 Å². The SMILES string of the molecule is Cn1cc(C(=O)C2=CCCO2)cn1. The van der Waals surface area contributed by atoms with Crippen molar-refractivity contribution in [2.45, 2.75) is 6.42 Å². The summed E-state index contributed by atoms with van der Waals surface area (Å²) in [4.78, 5) is 11.6.